The number of aliphatic imine (C=N–C) groups is 1. The zero-order valence-electron chi connectivity index (χ0n) is 16.4. The number of anilines is 1. The Hall–Kier alpha value is -2.25. The van der Waals surface area contributed by atoms with Crippen LogP contribution in [-0.2, 0) is 16.4 Å². The molecule has 0 saturated carbocycles. The van der Waals surface area contributed by atoms with Crippen molar-refractivity contribution in [2.45, 2.75) is 18.2 Å². The average Bonchev–Trinajstić information content (AvgIpc) is 3.14. The third-order valence-electron chi connectivity index (χ3n) is 4.48. The molecule has 0 radical (unpaired) electrons. The Labute approximate surface area is 192 Å². The Morgan fingerprint density at radius 2 is 2.00 bits per heavy atom. The molecule has 3 rings (SSSR count). The molecule has 9 nitrogen and oxygen atoms in total. The number of benzene rings is 2. The van der Waals surface area contributed by atoms with Gasteiger partial charge in [-0.25, -0.2) is 13.1 Å². The number of sulfonamides is 1. The van der Waals surface area contributed by atoms with Gasteiger partial charge in [0.25, 0.3) is 5.69 Å². The van der Waals surface area contributed by atoms with Crippen LogP contribution in [-0.4, -0.2) is 45.5 Å². The molecule has 0 aromatic heterocycles. The van der Waals surface area contributed by atoms with E-state index < -0.39 is 14.9 Å². The molecule has 0 bridgehead atoms. The number of para-hydroxylation sites is 1. The number of halogens is 1. The highest BCUT2D eigenvalue weighted by molar-refractivity contribution is 14.0. The first-order valence-corrected chi connectivity index (χ1v) is 10.8. The summed E-state index contributed by atoms with van der Waals surface area (Å²) in [4.78, 5) is 16.7. The second kappa shape index (κ2) is 10.7. The molecular formula is C19H24IN5O4S. The van der Waals surface area contributed by atoms with Gasteiger partial charge in [0, 0.05) is 37.5 Å². The third-order valence-corrected chi connectivity index (χ3v) is 5.94. The van der Waals surface area contributed by atoms with Crippen molar-refractivity contribution >= 4 is 51.3 Å². The van der Waals surface area contributed by atoms with E-state index >= 15 is 0 Å². The summed E-state index contributed by atoms with van der Waals surface area (Å²) in [6.07, 6.45) is 0.931. The van der Waals surface area contributed by atoms with E-state index in [-0.39, 0.29) is 47.6 Å². The molecular weight excluding hydrogens is 521 g/mol. The zero-order valence-corrected chi connectivity index (χ0v) is 19.6. The molecule has 0 unspecified atom stereocenters. The fourth-order valence-electron chi connectivity index (χ4n) is 3.14. The molecule has 0 spiro atoms. The lowest BCUT2D eigenvalue weighted by atomic mass is 10.2. The summed E-state index contributed by atoms with van der Waals surface area (Å²) in [6.45, 7) is 3.79. The number of non-ortho nitro benzene ring substituents is 1. The SMILES string of the molecule is CCNC(=NCCNS(=O)(=O)c1cccc([N+](=O)[O-])c1)N1CCc2ccccc21.I. The van der Waals surface area contributed by atoms with Crippen LogP contribution in [0, 0.1) is 10.1 Å². The van der Waals surface area contributed by atoms with E-state index in [0.717, 1.165) is 24.7 Å². The molecule has 2 aromatic rings. The molecule has 1 heterocycles. The molecule has 2 N–H and O–H groups in total. The second-order valence-corrected chi connectivity index (χ2v) is 8.19. The van der Waals surface area contributed by atoms with Crippen LogP contribution in [0.25, 0.3) is 0 Å². The lowest BCUT2D eigenvalue weighted by Gasteiger charge is -2.22. The first kappa shape index (κ1) is 24.0. The van der Waals surface area contributed by atoms with Gasteiger partial charge in [0.05, 0.1) is 16.4 Å². The fraction of sp³-hybridized carbons (Fsp3) is 0.316. The van der Waals surface area contributed by atoms with Crippen LogP contribution in [0.2, 0.25) is 0 Å². The summed E-state index contributed by atoms with van der Waals surface area (Å²) < 4.78 is 27.2. The Bertz CT molecular complexity index is 1030. The smallest absolute Gasteiger partial charge is 0.270 e. The Kier molecular flexibility index (Phi) is 8.55. The van der Waals surface area contributed by atoms with Gasteiger partial charge in [0.2, 0.25) is 10.0 Å². The minimum absolute atomic E-state index is 0. The van der Waals surface area contributed by atoms with Crippen molar-refractivity contribution in [1.29, 1.82) is 0 Å². The monoisotopic (exact) mass is 545 g/mol. The van der Waals surface area contributed by atoms with Crippen LogP contribution in [0.5, 0.6) is 0 Å². The third kappa shape index (κ3) is 5.67. The number of hydrogen-bond donors (Lipinski definition) is 2. The van der Waals surface area contributed by atoms with Gasteiger partial charge in [-0.1, -0.05) is 24.3 Å². The summed E-state index contributed by atoms with van der Waals surface area (Å²) in [5, 5.41) is 14.1. The van der Waals surface area contributed by atoms with Crippen LogP contribution in [0.4, 0.5) is 11.4 Å². The van der Waals surface area contributed by atoms with Gasteiger partial charge in [0.15, 0.2) is 5.96 Å². The predicted octanol–water partition coefficient (Wildman–Crippen LogP) is 2.52. The van der Waals surface area contributed by atoms with Crippen molar-refractivity contribution in [2.75, 3.05) is 31.1 Å². The first-order chi connectivity index (χ1) is 13.9. The number of rotatable bonds is 7. The summed E-state index contributed by atoms with van der Waals surface area (Å²) in [5.74, 6) is 0.701. The van der Waals surface area contributed by atoms with Crippen molar-refractivity contribution in [2.24, 2.45) is 4.99 Å². The molecule has 0 saturated heterocycles. The highest BCUT2D eigenvalue weighted by Crippen LogP contribution is 2.27. The van der Waals surface area contributed by atoms with Crippen LogP contribution >= 0.6 is 24.0 Å². The van der Waals surface area contributed by atoms with Gasteiger partial charge in [-0.05, 0) is 31.0 Å². The minimum atomic E-state index is -3.85. The van der Waals surface area contributed by atoms with E-state index in [1.54, 1.807) is 0 Å². The van der Waals surface area contributed by atoms with E-state index in [0.29, 0.717) is 12.5 Å². The summed E-state index contributed by atoms with van der Waals surface area (Å²) >= 11 is 0. The lowest BCUT2D eigenvalue weighted by Crippen LogP contribution is -2.41. The van der Waals surface area contributed by atoms with E-state index in [2.05, 4.69) is 26.0 Å². The molecule has 30 heavy (non-hydrogen) atoms. The fourth-order valence-corrected chi connectivity index (χ4v) is 4.20. The standard InChI is InChI=1S/C19H23N5O4S.HI/c1-2-20-19(23-13-10-15-6-3-4-9-18(15)23)21-11-12-22-29(27,28)17-8-5-7-16(14-17)24(25)26;/h3-9,14,22H,2,10-13H2,1H3,(H,20,21);1H. The number of hydrogen-bond acceptors (Lipinski definition) is 5. The highest BCUT2D eigenvalue weighted by Gasteiger charge is 2.22. The summed E-state index contributed by atoms with van der Waals surface area (Å²) in [7, 11) is -3.85. The van der Waals surface area contributed by atoms with E-state index in [9.17, 15) is 18.5 Å². The lowest BCUT2D eigenvalue weighted by molar-refractivity contribution is -0.385. The number of nitrogens with zero attached hydrogens (tertiary/aromatic N) is 3. The Morgan fingerprint density at radius 1 is 1.23 bits per heavy atom. The molecule has 1 aliphatic heterocycles. The topological polar surface area (TPSA) is 117 Å². The molecule has 0 fully saturated rings. The van der Waals surface area contributed by atoms with Gasteiger partial charge in [-0.2, -0.15) is 0 Å². The van der Waals surface area contributed by atoms with Crippen LogP contribution in [0.1, 0.15) is 12.5 Å². The molecule has 0 atom stereocenters. The van der Waals surface area contributed by atoms with E-state index in [1.165, 1.54) is 23.8 Å². The molecule has 2 aromatic carbocycles. The van der Waals surface area contributed by atoms with Gasteiger partial charge < -0.3 is 10.2 Å². The van der Waals surface area contributed by atoms with Gasteiger partial charge in [0.1, 0.15) is 0 Å². The molecule has 0 aliphatic carbocycles. The van der Waals surface area contributed by atoms with Crippen molar-refractivity contribution in [3.63, 3.8) is 0 Å². The molecule has 162 valence electrons. The quantitative estimate of drug-likeness (QED) is 0.138. The van der Waals surface area contributed by atoms with E-state index in [4.69, 9.17) is 0 Å². The normalized spacial score (nSPS) is 13.5. The Balaban J connectivity index is 0.00000320. The van der Waals surface area contributed by atoms with Gasteiger partial charge in [-0.3, -0.25) is 15.1 Å². The predicted molar refractivity (Wildman–Crippen MR) is 127 cm³/mol. The number of nitro benzene ring substituents is 1. The van der Waals surface area contributed by atoms with Crippen molar-refractivity contribution in [3.8, 4) is 0 Å². The Morgan fingerprint density at radius 3 is 2.73 bits per heavy atom. The molecule has 1 aliphatic rings. The van der Waals surface area contributed by atoms with Crippen molar-refractivity contribution < 1.29 is 13.3 Å². The number of nitrogens with one attached hydrogen (secondary N) is 2. The maximum Gasteiger partial charge on any atom is 0.270 e. The van der Waals surface area contributed by atoms with Crippen LogP contribution < -0.4 is 14.9 Å². The van der Waals surface area contributed by atoms with E-state index in [1.807, 2.05) is 25.1 Å². The van der Waals surface area contributed by atoms with Gasteiger partial charge >= 0.3 is 0 Å². The minimum Gasteiger partial charge on any atom is -0.356 e. The molecule has 0 amide bonds. The number of nitro groups is 1. The van der Waals surface area contributed by atoms with Crippen molar-refractivity contribution in [1.82, 2.24) is 10.0 Å². The largest absolute Gasteiger partial charge is 0.356 e. The summed E-state index contributed by atoms with van der Waals surface area (Å²) in [6, 6.07) is 13.1. The van der Waals surface area contributed by atoms with Crippen molar-refractivity contribution in [3.05, 3.63) is 64.2 Å². The van der Waals surface area contributed by atoms with Crippen LogP contribution in [0.15, 0.2) is 58.4 Å². The zero-order chi connectivity index (χ0) is 20.9. The first-order valence-electron chi connectivity index (χ1n) is 9.30. The number of fused-ring (bicyclic) bond motifs is 1. The second-order valence-electron chi connectivity index (χ2n) is 6.42. The maximum absolute atomic E-state index is 12.4. The summed E-state index contributed by atoms with van der Waals surface area (Å²) in [5.41, 5.74) is 2.09. The molecule has 11 heteroatoms. The van der Waals surface area contributed by atoms with Gasteiger partial charge in [-0.15, -0.1) is 24.0 Å². The van der Waals surface area contributed by atoms with Crippen LogP contribution in [0.3, 0.4) is 0 Å². The number of guanidine groups is 1. The average molecular weight is 545 g/mol. The maximum atomic E-state index is 12.4. The highest BCUT2D eigenvalue weighted by atomic mass is 127.